The molecule has 0 saturated carbocycles. The average molecular weight is 1070 g/mol. The van der Waals surface area contributed by atoms with E-state index in [1.165, 1.54) is 29.3 Å². The molecule has 6 aromatic carbocycles. The first-order valence-corrected chi connectivity index (χ1v) is 23.4. The molecule has 10 rings (SSSR count). The molecule has 4 aromatic heterocycles. The van der Waals surface area contributed by atoms with E-state index < -0.39 is 7.12 Å². The van der Waals surface area contributed by atoms with E-state index in [2.05, 4.69) is 47.1 Å². The van der Waals surface area contributed by atoms with Gasteiger partial charge in [0, 0.05) is 52.0 Å². The summed E-state index contributed by atoms with van der Waals surface area (Å²) < 4.78 is 14.2. The van der Waals surface area contributed by atoms with Crippen molar-refractivity contribution in [2.24, 2.45) is 0 Å². The Balaban J connectivity index is 0.000000159. The molecule has 0 unspecified atom stereocenters. The van der Waals surface area contributed by atoms with Gasteiger partial charge in [0.15, 0.2) is 4.60 Å². The third kappa shape index (κ3) is 12.1. The molecule has 4 heterocycles. The van der Waals surface area contributed by atoms with Crippen LogP contribution in [0.5, 0.6) is 0 Å². The molecule has 0 bridgehead atoms. The summed E-state index contributed by atoms with van der Waals surface area (Å²) in [6.45, 7) is 3.40. The summed E-state index contributed by atoms with van der Waals surface area (Å²) in [7, 11) is -1.51. The van der Waals surface area contributed by atoms with E-state index in [9.17, 15) is 19.2 Å². The molecule has 360 valence electrons. The van der Waals surface area contributed by atoms with Crippen molar-refractivity contribution in [1.82, 2.24) is 29.9 Å². The van der Waals surface area contributed by atoms with Gasteiger partial charge < -0.3 is 29.7 Å². The first-order valence-electron chi connectivity index (χ1n) is 21.9. The molecule has 0 spiro atoms. The summed E-state index contributed by atoms with van der Waals surface area (Å²) >= 11 is 15.3. The summed E-state index contributed by atoms with van der Waals surface area (Å²) in [5.74, 6) is -0.376. The molecule has 16 nitrogen and oxygen atoms in total. The number of rotatable bonds is 10. The molecule has 0 saturated heterocycles. The average Bonchev–Trinajstić information content (AvgIpc) is 4.03. The second kappa shape index (κ2) is 22.8. The van der Waals surface area contributed by atoms with Crippen LogP contribution in [0.25, 0.3) is 55.7 Å². The Kier molecular flexibility index (Phi) is 16.0. The SMILES string of the molecule is CC(=O)Nc1cccc(-c2nn(Cc3ccc(Cl)cc3)c(=O)c3c(-c4ccccc4)noc23)c1.CC(=O)Nc1cccc(B(O)O)c1.O=c1c2c(-c3ccccc3)noc2c(Br)nn1Cc1ccc(Cl)cc1. The lowest BCUT2D eigenvalue weighted by Gasteiger charge is -2.10. The third-order valence-electron chi connectivity index (χ3n) is 10.7. The van der Waals surface area contributed by atoms with E-state index in [-0.39, 0.29) is 35.1 Å². The molecule has 0 aliphatic carbocycles. The smallest absolute Gasteiger partial charge is 0.423 e. The normalized spacial score (nSPS) is 10.8. The van der Waals surface area contributed by atoms with Crippen LogP contribution in [0.2, 0.25) is 10.0 Å². The Morgan fingerprint density at radius 2 is 1.01 bits per heavy atom. The highest BCUT2D eigenvalue weighted by Crippen LogP contribution is 2.33. The molecule has 2 amide bonds. The lowest BCUT2D eigenvalue weighted by atomic mass is 9.80. The van der Waals surface area contributed by atoms with Gasteiger partial charge in [-0.1, -0.05) is 143 Å². The zero-order valence-electron chi connectivity index (χ0n) is 38.2. The molecular formula is C52H40BBrCl2N8O8. The largest absolute Gasteiger partial charge is 0.488 e. The minimum atomic E-state index is -1.51. The first-order chi connectivity index (χ1) is 34.7. The Bertz CT molecular complexity index is 3670. The van der Waals surface area contributed by atoms with Gasteiger partial charge in [-0.2, -0.15) is 10.2 Å². The Morgan fingerprint density at radius 3 is 1.51 bits per heavy atom. The van der Waals surface area contributed by atoms with Crippen molar-refractivity contribution >= 4 is 96.8 Å². The molecule has 0 radical (unpaired) electrons. The Hall–Kier alpha value is -8.00. The number of benzene rings is 6. The van der Waals surface area contributed by atoms with Gasteiger partial charge in [-0.05, 0) is 81.1 Å². The molecule has 4 N–H and O–H groups in total. The molecule has 72 heavy (non-hydrogen) atoms. The van der Waals surface area contributed by atoms with E-state index in [0.717, 1.165) is 22.3 Å². The van der Waals surface area contributed by atoms with Crippen LogP contribution in [0.4, 0.5) is 11.4 Å². The number of carbonyl (C=O) groups is 2. The maximum atomic E-state index is 13.6. The fraction of sp³-hybridized carbons (Fsp3) is 0.0769. The van der Waals surface area contributed by atoms with Crippen LogP contribution in [-0.2, 0) is 22.7 Å². The highest BCUT2D eigenvalue weighted by atomic mass is 79.9. The Morgan fingerprint density at radius 1 is 0.569 bits per heavy atom. The fourth-order valence-corrected chi connectivity index (χ4v) is 8.10. The van der Waals surface area contributed by atoms with Gasteiger partial charge in [0.25, 0.3) is 11.1 Å². The monoisotopic (exact) mass is 1060 g/mol. The van der Waals surface area contributed by atoms with Crippen LogP contribution in [0.15, 0.2) is 181 Å². The lowest BCUT2D eigenvalue weighted by Crippen LogP contribution is -2.29. The van der Waals surface area contributed by atoms with Crippen molar-refractivity contribution in [1.29, 1.82) is 0 Å². The zero-order chi connectivity index (χ0) is 50.9. The molecule has 20 heteroatoms. The number of anilines is 2. The van der Waals surface area contributed by atoms with Gasteiger partial charge in [0.05, 0.1) is 13.1 Å². The van der Waals surface area contributed by atoms with Crippen molar-refractivity contribution in [3.05, 3.63) is 204 Å². The zero-order valence-corrected chi connectivity index (χ0v) is 41.3. The van der Waals surface area contributed by atoms with Crippen molar-refractivity contribution in [3.8, 4) is 33.8 Å². The van der Waals surface area contributed by atoms with Gasteiger partial charge in [0.1, 0.15) is 27.9 Å². The summed E-state index contributed by atoms with van der Waals surface area (Å²) in [4.78, 5) is 48.7. The highest BCUT2D eigenvalue weighted by Gasteiger charge is 2.23. The minimum Gasteiger partial charge on any atom is -0.423 e. The number of nitrogens with zero attached hydrogens (tertiary/aromatic N) is 6. The molecule has 0 aliphatic heterocycles. The maximum absolute atomic E-state index is 13.6. The maximum Gasteiger partial charge on any atom is 0.488 e. The fourth-order valence-electron chi connectivity index (χ4n) is 7.39. The summed E-state index contributed by atoms with van der Waals surface area (Å²) in [5.41, 5.74) is 7.03. The van der Waals surface area contributed by atoms with Crippen molar-refractivity contribution in [2.45, 2.75) is 26.9 Å². The van der Waals surface area contributed by atoms with Gasteiger partial charge in [-0.3, -0.25) is 19.2 Å². The first kappa shape index (κ1) is 50.4. The quantitative estimate of drug-likeness (QED) is 0.0942. The van der Waals surface area contributed by atoms with Crippen molar-refractivity contribution in [2.75, 3.05) is 10.6 Å². The van der Waals surface area contributed by atoms with E-state index in [1.54, 1.807) is 60.7 Å². The van der Waals surface area contributed by atoms with Crippen LogP contribution < -0.4 is 27.2 Å². The summed E-state index contributed by atoms with van der Waals surface area (Å²) in [5, 5.41) is 42.2. The van der Waals surface area contributed by atoms with Crippen molar-refractivity contribution in [3.63, 3.8) is 0 Å². The van der Waals surface area contributed by atoms with E-state index >= 15 is 0 Å². The van der Waals surface area contributed by atoms with Gasteiger partial charge in [-0.15, -0.1) is 0 Å². The van der Waals surface area contributed by atoms with E-state index in [4.69, 9.17) is 42.3 Å². The highest BCUT2D eigenvalue weighted by molar-refractivity contribution is 9.10. The molecule has 0 atom stereocenters. The number of nitrogens with one attached hydrogen (secondary N) is 2. The second-order valence-corrected chi connectivity index (χ2v) is 17.6. The van der Waals surface area contributed by atoms with Gasteiger partial charge in [-0.25, -0.2) is 9.36 Å². The summed E-state index contributed by atoms with van der Waals surface area (Å²) in [6, 6.07) is 47.0. The predicted molar refractivity (Wildman–Crippen MR) is 282 cm³/mol. The minimum absolute atomic E-state index is 0.186. The number of halogens is 3. The third-order valence-corrected chi connectivity index (χ3v) is 11.7. The second-order valence-electron chi connectivity index (χ2n) is 16.0. The molecule has 0 fully saturated rings. The van der Waals surface area contributed by atoms with Crippen LogP contribution in [0.1, 0.15) is 25.0 Å². The number of fused-ring (bicyclic) bond motifs is 2. The topological polar surface area (TPSA) is 220 Å². The number of hydrogen-bond donors (Lipinski definition) is 4. The number of amides is 2. The standard InChI is InChI=1S/C26H19ClN4O3.C18H11BrClN3O2.C8H10BNO3/c1-16(32)28-21-9-5-8-19(14-21)24-25-22(23(30-34-25)18-6-3-2-4-7-18)26(33)31(29-24)15-17-10-12-20(27)13-11-17;19-17-16-14(15(22-25-16)12-4-2-1-3-5-12)18(24)23(21-17)10-11-6-8-13(20)9-7-11;1-6(11)10-8-4-2-3-7(5-8)9(12)13/h2-14H,15H2,1H3,(H,28,32);1-9H,10H2;2-5,12-13H,1H3,(H,10,11). The molecule has 0 aliphatic rings. The van der Waals surface area contributed by atoms with Gasteiger partial charge in [0.2, 0.25) is 23.0 Å². The molecular weight excluding hydrogens is 1030 g/mol. The number of hydrogen-bond acceptors (Lipinski definition) is 12. The van der Waals surface area contributed by atoms with Gasteiger partial charge >= 0.3 is 7.12 Å². The number of carbonyl (C=O) groups excluding carboxylic acids is 2. The van der Waals surface area contributed by atoms with E-state index in [1.807, 2.05) is 91.0 Å². The lowest BCUT2D eigenvalue weighted by molar-refractivity contribution is -0.115. The van der Waals surface area contributed by atoms with Crippen LogP contribution in [-0.4, -0.2) is 58.9 Å². The number of aromatic nitrogens is 6. The molecule has 10 aromatic rings. The van der Waals surface area contributed by atoms with E-state index in [0.29, 0.717) is 77.0 Å². The van der Waals surface area contributed by atoms with Crippen LogP contribution in [0.3, 0.4) is 0 Å². The van der Waals surface area contributed by atoms with Crippen LogP contribution >= 0.6 is 39.1 Å². The Labute approximate surface area is 428 Å². The summed E-state index contributed by atoms with van der Waals surface area (Å²) in [6.07, 6.45) is 0. The van der Waals surface area contributed by atoms with Crippen molar-refractivity contribution < 1.29 is 28.7 Å². The van der Waals surface area contributed by atoms with Crippen LogP contribution in [0, 0.1) is 0 Å². The predicted octanol–water partition coefficient (Wildman–Crippen LogP) is 9.22.